The molecule has 2 aromatic heterocycles. The van der Waals surface area contributed by atoms with Gasteiger partial charge in [0.1, 0.15) is 11.9 Å². The average molecular weight is 230 g/mol. The van der Waals surface area contributed by atoms with Gasteiger partial charge in [0.05, 0.1) is 22.8 Å². The maximum atomic E-state index is 8.62. The van der Waals surface area contributed by atoms with Crippen LogP contribution in [-0.2, 0) is 6.54 Å². The Morgan fingerprint density at radius 3 is 2.94 bits per heavy atom. The summed E-state index contributed by atoms with van der Waals surface area (Å²) in [6.45, 7) is 2.64. The number of hydrogen-bond acceptors (Lipinski definition) is 5. The Morgan fingerprint density at radius 1 is 1.50 bits per heavy atom. The zero-order chi connectivity index (χ0) is 11.4. The minimum absolute atomic E-state index is 0.565. The molecule has 0 radical (unpaired) electrons. The van der Waals surface area contributed by atoms with E-state index in [1.54, 1.807) is 29.7 Å². The Balaban J connectivity index is 1.97. The molecular formula is C11H10N4S. The molecule has 80 valence electrons. The molecule has 0 fully saturated rings. The molecule has 2 aromatic rings. The van der Waals surface area contributed by atoms with Gasteiger partial charge in [0.25, 0.3) is 0 Å². The second-order valence-corrected chi connectivity index (χ2v) is 4.32. The molecule has 0 saturated heterocycles. The van der Waals surface area contributed by atoms with E-state index in [1.165, 1.54) is 0 Å². The fourth-order valence-electron chi connectivity index (χ4n) is 1.24. The van der Waals surface area contributed by atoms with Crippen LogP contribution in [-0.4, -0.2) is 9.97 Å². The molecule has 0 spiro atoms. The van der Waals surface area contributed by atoms with Crippen LogP contribution in [0, 0.1) is 18.3 Å². The molecule has 4 nitrogen and oxygen atoms in total. The number of nitriles is 1. The van der Waals surface area contributed by atoms with Crippen LogP contribution in [0.25, 0.3) is 0 Å². The first kappa shape index (κ1) is 10.6. The van der Waals surface area contributed by atoms with Crippen LogP contribution in [0.5, 0.6) is 0 Å². The molecule has 2 heterocycles. The summed E-state index contributed by atoms with van der Waals surface area (Å²) in [6, 6.07) is 5.56. The van der Waals surface area contributed by atoms with Crippen molar-refractivity contribution >= 4 is 17.2 Å². The molecule has 0 atom stereocenters. The highest BCUT2D eigenvalue weighted by molar-refractivity contribution is 7.09. The highest BCUT2D eigenvalue weighted by Gasteiger charge is 1.99. The van der Waals surface area contributed by atoms with Gasteiger partial charge in [0.15, 0.2) is 0 Å². The molecule has 16 heavy (non-hydrogen) atoms. The number of aromatic nitrogens is 2. The largest absolute Gasteiger partial charge is 0.364 e. The maximum absolute atomic E-state index is 8.62. The number of rotatable bonds is 3. The van der Waals surface area contributed by atoms with Gasteiger partial charge >= 0.3 is 0 Å². The number of hydrogen-bond donors (Lipinski definition) is 1. The Labute approximate surface area is 97.6 Å². The van der Waals surface area contributed by atoms with Crippen molar-refractivity contribution in [2.24, 2.45) is 0 Å². The van der Waals surface area contributed by atoms with E-state index in [0.717, 1.165) is 16.5 Å². The monoisotopic (exact) mass is 230 g/mol. The van der Waals surface area contributed by atoms with Crippen molar-refractivity contribution in [1.29, 1.82) is 5.26 Å². The predicted molar refractivity (Wildman–Crippen MR) is 63.1 cm³/mol. The van der Waals surface area contributed by atoms with E-state index in [0.29, 0.717) is 12.1 Å². The molecule has 0 aliphatic rings. The van der Waals surface area contributed by atoms with Gasteiger partial charge in [-0.15, -0.1) is 11.3 Å². The lowest BCUT2D eigenvalue weighted by Gasteiger charge is -2.02. The molecule has 1 N–H and O–H groups in total. The molecule has 5 heteroatoms. The third-order valence-electron chi connectivity index (χ3n) is 2.01. The minimum atomic E-state index is 0.565. The number of aryl methyl sites for hydroxylation is 1. The second kappa shape index (κ2) is 4.73. The van der Waals surface area contributed by atoms with Crippen molar-refractivity contribution in [1.82, 2.24) is 9.97 Å². The molecule has 0 aromatic carbocycles. The van der Waals surface area contributed by atoms with Crippen molar-refractivity contribution in [3.05, 3.63) is 40.0 Å². The summed E-state index contributed by atoms with van der Waals surface area (Å²) in [4.78, 5) is 8.45. The Bertz CT molecular complexity index is 510. The number of nitrogens with one attached hydrogen (secondary N) is 1. The number of anilines is 1. The highest BCUT2D eigenvalue weighted by Crippen LogP contribution is 2.10. The third kappa shape index (κ3) is 2.55. The molecule has 0 aliphatic heterocycles. The molecule has 2 rings (SSSR count). The Morgan fingerprint density at radius 2 is 2.38 bits per heavy atom. The zero-order valence-corrected chi connectivity index (χ0v) is 9.58. The van der Waals surface area contributed by atoms with E-state index in [1.807, 2.05) is 18.4 Å². The quantitative estimate of drug-likeness (QED) is 0.879. The van der Waals surface area contributed by atoms with Gasteiger partial charge in [-0.05, 0) is 19.1 Å². The van der Waals surface area contributed by atoms with Crippen molar-refractivity contribution < 1.29 is 0 Å². The lowest BCUT2D eigenvalue weighted by Crippen LogP contribution is -2.01. The van der Waals surface area contributed by atoms with Gasteiger partial charge in [-0.1, -0.05) is 0 Å². The Kier molecular flexibility index (Phi) is 3.13. The van der Waals surface area contributed by atoms with Crippen LogP contribution >= 0.6 is 11.3 Å². The summed E-state index contributed by atoms with van der Waals surface area (Å²) in [5, 5.41) is 14.8. The summed E-state index contributed by atoms with van der Waals surface area (Å²) in [6.07, 6.45) is 1.55. The van der Waals surface area contributed by atoms with Crippen LogP contribution in [0.15, 0.2) is 23.7 Å². The van der Waals surface area contributed by atoms with E-state index >= 15 is 0 Å². The number of nitrogens with zero attached hydrogens (tertiary/aromatic N) is 3. The van der Waals surface area contributed by atoms with Crippen molar-refractivity contribution in [2.45, 2.75) is 13.5 Å². The minimum Gasteiger partial charge on any atom is -0.364 e. The van der Waals surface area contributed by atoms with Gasteiger partial charge in [-0.25, -0.2) is 9.97 Å². The highest BCUT2D eigenvalue weighted by atomic mass is 32.1. The molecule has 0 amide bonds. The van der Waals surface area contributed by atoms with Crippen LogP contribution in [0.2, 0.25) is 0 Å². The predicted octanol–water partition coefficient (Wildman–Crippen LogP) is 2.33. The standard InChI is InChI=1S/C11H10N4S/c1-8-15-10(7-16-8)6-14-11-3-2-9(4-12)5-13-11/h2-3,5,7H,6H2,1H3,(H,13,14). The Hall–Kier alpha value is -1.93. The van der Waals surface area contributed by atoms with E-state index < -0.39 is 0 Å². The van der Waals surface area contributed by atoms with Crippen LogP contribution < -0.4 is 5.32 Å². The first-order valence-electron chi connectivity index (χ1n) is 4.79. The summed E-state index contributed by atoms with van der Waals surface area (Å²) in [5.74, 6) is 0.754. The van der Waals surface area contributed by atoms with Crippen LogP contribution in [0.1, 0.15) is 16.3 Å². The zero-order valence-electron chi connectivity index (χ0n) is 8.77. The van der Waals surface area contributed by atoms with Gasteiger partial charge < -0.3 is 5.32 Å². The normalized spacial score (nSPS) is 9.75. The molecule has 0 aliphatic carbocycles. The fourth-order valence-corrected chi connectivity index (χ4v) is 1.85. The van der Waals surface area contributed by atoms with E-state index in [4.69, 9.17) is 5.26 Å². The SMILES string of the molecule is Cc1nc(CNc2ccc(C#N)cn2)cs1. The number of pyridine rings is 1. The van der Waals surface area contributed by atoms with Gasteiger partial charge in [0.2, 0.25) is 0 Å². The van der Waals surface area contributed by atoms with Crippen LogP contribution in [0.3, 0.4) is 0 Å². The molecule has 0 saturated carbocycles. The summed E-state index contributed by atoms with van der Waals surface area (Å²) in [5.41, 5.74) is 1.57. The first-order valence-corrected chi connectivity index (χ1v) is 5.67. The summed E-state index contributed by atoms with van der Waals surface area (Å²) in [7, 11) is 0. The molecule has 0 unspecified atom stereocenters. The van der Waals surface area contributed by atoms with Gasteiger partial charge in [-0.3, -0.25) is 0 Å². The van der Waals surface area contributed by atoms with Gasteiger partial charge in [0, 0.05) is 11.6 Å². The maximum Gasteiger partial charge on any atom is 0.126 e. The lowest BCUT2D eigenvalue weighted by atomic mass is 10.3. The topological polar surface area (TPSA) is 61.6 Å². The van der Waals surface area contributed by atoms with Crippen LogP contribution in [0.4, 0.5) is 5.82 Å². The molecule has 0 bridgehead atoms. The fraction of sp³-hybridized carbons (Fsp3) is 0.182. The first-order chi connectivity index (χ1) is 7.78. The van der Waals surface area contributed by atoms with E-state index in [2.05, 4.69) is 15.3 Å². The average Bonchev–Trinajstić information content (AvgIpc) is 2.73. The van der Waals surface area contributed by atoms with Gasteiger partial charge in [-0.2, -0.15) is 5.26 Å². The van der Waals surface area contributed by atoms with E-state index in [9.17, 15) is 0 Å². The molecular weight excluding hydrogens is 220 g/mol. The summed E-state index contributed by atoms with van der Waals surface area (Å²) < 4.78 is 0. The number of thiazole rings is 1. The van der Waals surface area contributed by atoms with Crippen molar-refractivity contribution in [2.75, 3.05) is 5.32 Å². The summed E-state index contributed by atoms with van der Waals surface area (Å²) >= 11 is 1.63. The lowest BCUT2D eigenvalue weighted by molar-refractivity contribution is 1.04. The second-order valence-electron chi connectivity index (χ2n) is 3.26. The van der Waals surface area contributed by atoms with Crippen molar-refractivity contribution in [3.63, 3.8) is 0 Å². The van der Waals surface area contributed by atoms with Crippen molar-refractivity contribution in [3.8, 4) is 6.07 Å². The third-order valence-corrected chi connectivity index (χ3v) is 2.83. The smallest absolute Gasteiger partial charge is 0.126 e. The van der Waals surface area contributed by atoms with E-state index in [-0.39, 0.29) is 0 Å².